The average molecular weight is 264 g/mol. The van der Waals surface area contributed by atoms with Crippen LogP contribution in [0.25, 0.3) is 0 Å². The Bertz CT molecular complexity index is 554. The molecule has 0 radical (unpaired) electrons. The number of aliphatic carboxylic acids is 1. The summed E-state index contributed by atoms with van der Waals surface area (Å²) in [6.07, 6.45) is 3.19. The van der Waals surface area contributed by atoms with Crippen LogP contribution in [-0.4, -0.2) is 22.3 Å². The minimum atomic E-state index is -0.931. The van der Waals surface area contributed by atoms with Crippen LogP contribution in [0.5, 0.6) is 0 Å². The third kappa shape index (κ3) is 3.27. The monoisotopic (exact) mass is 264 g/mol. The van der Waals surface area contributed by atoms with Crippen LogP contribution in [0.2, 0.25) is 0 Å². The number of aromatic nitrogens is 1. The number of benzene rings is 1. The highest BCUT2D eigenvalue weighted by molar-refractivity contribution is 7.98. The fourth-order valence-corrected chi connectivity index (χ4v) is 1.88. The van der Waals surface area contributed by atoms with Gasteiger partial charge in [-0.3, -0.25) is 4.79 Å². The Morgan fingerprint density at radius 1 is 1.56 bits per heavy atom. The van der Waals surface area contributed by atoms with Gasteiger partial charge in [0.15, 0.2) is 0 Å². The third-order valence-electron chi connectivity index (χ3n) is 2.21. The molecule has 0 unspecified atom stereocenters. The van der Waals surface area contributed by atoms with Crippen molar-refractivity contribution >= 4 is 29.4 Å². The topological polar surface area (TPSA) is 75.4 Å². The summed E-state index contributed by atoms with van der Waals surface area (Å²) in [5.74, 6) is -0.931. The molecule has 2 rings (SSSR count). The molecule has 0 spiro atoms. The van der Waals surface area contributed by atoms with Gasteiger partial charge in [-0.2, -0.15) is 4.98 Å². The number of carboxylic acids is 1. The van der Waals surface area contributed by atoms with Gasteiger partial charge < -0.3 is 14.8 Å². The van der Waals surface area contributed by atoms with Crippen LogP contribution >= 0.6 is 11.8 Å². The van der Waals surface area contributed by atoms with E-state index in [0.29, 0.717) is 11.7 Å². The maximum Gasteiger partial charge on any atom is 0.309 e. The van der Waals surface area contributed by atoms with Crippen molar-refractivity contribution in [2.75, 3.05) is 11.6 Å². The Labute approximate surface area is 108 Å². The molecular formula is C12H12N2O3S. The first-order valence-electron chi connectivity index (χ1n) is 5.24. The molecule has 1 heterocycles. The molecule has 0 bridgehead atoms. The first-order valence-corrected chi connectivity index (χ1v) is 6.47. The second kappa shape index (κ2) is 5.59. The highest BCUT2D eigenvalue weighted by atomic mass is 32.2. The van der Waals surface area contributed by atoms with Gasteiger partial charge in [0.25, 0.3) is 6.01 Å². The predicted octanol–water partition coefficient (Wildman–Crippen LogP) is 2.77. The molecule has 0 aliphatic rings. The number of oxazole rings is 1. The van der Waals surface area contributed by atoms with E-state index in [1.54, 1.807) is 11.8 Å². The Kier molecular flexibility index (Phi) is 3.88. The van der Waals surface area contributed by atoms with Crippen LogP contribution in [0.3, 0.4) is 0 Å². The molecule has 2 aromatic rings. The highest BCUT2D eigenvalue weighted by Crippen LogP contribution is 2.22. The van der Waals surface area contributed by atoms with E-state index >= 15 is 0 Å². The first-order chi connectivity index (χ1) is 8.67. The zero-order chi connectivity index (χ0) is 13.0. The summed E-state index contributed by atoms with van der Waals surface area (Å²) >= 11 is 1.64. The maximum atomic E-state index is 10.5. The lowest BCUT2D eigenvalue weighted by Gasteiger charge is -2.02. The number of thioether (sulfide) groups is 1. The number of anilines is 2. The van der Waals surface area contributed by atoms with Gasteiger partial charge in [-0.05, 0) is 24.5 Å². The molecular weight excluding hydrogens is 252 g/mol. The van der Waals surface area contributed by atoms with Crippen molar-refractivity contribution in [2.24, 2.45) is 0 Å². The molecule has 0 saturated carbocycles. The van der Waals surface area contributed by atoms with Crippen molar-refractivity contribution < 1.29 is 14.3 Å². The molecule has 1 aromatic carbocycles. The average Bonchev–Trinajstić information content (AvgIpc) is 2.76. The van der Waals surface area contributed by atoms with E-state index in [1.165, 1.54) is 6.26 Å². The van der Waals surface area contributed by atoms with Crippen LogP contribution in [-0.2, 0) is 11.2 Å². The molecule has 6 heteroatoms. The van der Waals surface area contributed by atoms with E-state index in [2.05, 4.69) is 10.3 Å². The molecule has 0 amide bonds. The molecule has 0 fully saturated rings. The first kappa shape index (κ1) is 12.5. The van der Waals surface area contributed by atoms with Crippen LogP contribution < -0.4 is 5.32 Å². The summed E-state index contributed by atoms with van der Waals surface area (Å²) in [6.45, 7) is 0. The summed E-state index contributed by atoms with van der Waals surface area (Å²) in [5.41, 5.74) is 1.25. The van der Waals surface area contributed by atoms with Gasteiger partial charge in [-0.1, -0.05) is 6.07 Å². The van der Waals surface area contributed by atoms with Crippen LogP contribution in [0.4, 0.5) is 11.7 Å². The highest BCUT2D eigenvalue weighted by Gasteiger charge is 2.07. The number of carbonyl (C=O) groups is 1. The van der Waals surface area contributed by atoms with Gasteiger partial charge in [0.2, 0.25) is 0 Å². The Morgan fingerprint density at radius 2 is 2.39 bits per heavy atom. The lowest BCUT2D eigenvalue weighted by Crippen LogP contribution is -2.00. The molecule has 18 heavy (non-hydrogen) atoms. The minimum absolute atomic E-state index is 0.143. The summed E-state index contributed by atoms with van der Waals surface area (Å²) < 4.78 is 5.15. The van der Waals surface area contributed by atoms with Crippen molar-refractivity contribution in [3.05, 3.63) is 36.2 Å². The molecule has 1 aromatic heterocycles. The van der Waals surface area contributed by atoms with E-state index in [9.17, 15) is 4.79 Å². The fraction of sp³-hybridized carbons (Fsp3) is 0.167. The normalized spacial score (nSPS) is 10.3. The lowest BCUT2D eigenvalue weighted by molar-refractivity contribution is -0.136. The Hall–Kier alpha value is -1.95. The molecule has 94 valence electrons. The number of nitrogens with one attached hydrogen (secondary N) is 1. The van der Waals surface area contributed by atoms with E-state index in [1.807, 2.05) is 30.5 Å². The zero-order valence-electron chi connectivity index (χ0n) is 9.71. The van der Waals surface area contributed by atoms with E-state index in [4.69, 9.17) is 9.52 Å². The van der Waals surface area contributed by atoms with Gasteiger partial charge in [-0.15, -0.1) is 11.8 Å². The van der Waals surface area contributed by atoms with Crippen molar-refractivity contribution in [2.45, 2.75) is 11.3 Å². The van der Waals surface area contributed by atoms with Gasteiger partial charge in [-0.25, -0.2) is 0 Å². The van der Waals surface area contributed by atoms with E-state index in [0.717, 1.165) is 10.6 Å². The predicted molar refractivity (Wildman–Crippen MR) is 69.3 cm³/mol. The van der Waals surface area contributed by atoms with Crippen LogP contribution in [0.1, 0.15) is 5.69 Å². The lowest BCUT2D eigenvalue weighted by atomic mass is 10.3. The molecule has 0 saturated heterocycles. The van der Waals surface area contributed by atoms with Crippen molar-refractivity contribution in [1.29, 1.82) is 0 Å². The zero-order valence-corrected chi connectivity index (χ0v) is 10.5. The minimum Gasteiger partial charge on any atom is -0.481 e. The standard InChI is InChI=1S/C12H12N2O3S/c1-18-10-4-2-3-8(5-10)13-12-14-9(7-17-12)6-11(15)16/h2-5,7H,6H2,1H3,(H,13,14)(H,15,16). The number of hydrogen-bond acceptors (Lipinski definition) is 5. The largest absolute Gasteiger partial charge is 0.481 e. The molecule has 0 aliphatic heterocycles. The van der Waals surface area contributed by atoms with Gasteiger partial charge in [0.05, 0.1) is 12.1 Å². The van der Waals surface area contributed by atoms with E-state index < -0.39 is 5.97 Å². The summed E-state index contributed by atoms with van der Waals surface area (Å²) in [4.78, 5) is 15.7. The van der Waals surface area contributed by atoms with E-state index in [-0.39, 0.29) is 6.42 Å². The number of nitrogens with zero attached hydrogens (tertiary/aromatic N) is 1. The van der Waals surface area contributed by atoms with Crippen molar-refractivity contribution in [3.63, 3.8) is 0 Å². The fourth-order valence-electron chi connectivity index (χ4n) is 1.42. The SMILES string of the molecule is CSc1cccc(Nc2nc(CC(=O)O)co2)c1. The van der Waals surface area contributed by atoms with Crippen molar-refractivity contribution in [3.8, 4) is 0 Å². The molecule has 2 N–H and O–H groups in total. The molecule has 0 atom stereocenters. The van der Waals surface area contributed by atoms with Crippen LogP contribution in [0, 0.1) is 0 Å². The number of carboxylic acid groups (broad SMARTS) is 1. The summed E-state index contributed by atoms with van der Waals surface area (Å²) in [7, 11) is 0. The molecule has 5 nitrogen and oxygen atoms in total. The Balaban J connectivity index is 2.08. The second-order valence-corrected chi connectivity index (χ2v) is 4.45. The van der Waals surface area contributed by atoms with Gasteiger partial charge in [0.1, 0.15) is 6.26 Å². The Morgan fingerprint density at radius 3 is 3.11 bits per heavy atom. The second-order valence-electron chi connectivity index (χ2n) is 3.57. The van der Waals surface area contributed by atoms with Crippen molar-refractivity contribution in [1.82, 2.24) is 4.98 Å². The number of rotatable bonds is 5. The smallest absolute Gasteiger partial charge is 0.309 e. The number of hydrogen-bond donors (Lipinski definition) is 2. The quantitative estimate of drug-likeness (QED) is 0.809. The molecule has 0 aliphatic carbocycles. The maximum absolute atomic E-state index is 10.5. The summed E-state index contributed by atoms with van der Waals surface area (Å²) in [5, 5.41) is 11.6. The van der Waals surface area contributed by atoms with Gasteiger partial charge >= 0.3 is 5.97 Å². The third-order valence-corrected chi connectivity index (χ3v) is 2.93. The summed E-state index contributed by atoms with van der Waals surface area (Å²) in [6, 6.07) is 8.08. The van der Waals surface area contributed by atoms with Gasteiger partial charge in [0, 0.05) is 10.6 Å². The van der Waals surface area contributed by atoms with Crippen LogP contribution in [0.15, 0.2) is 39.8 Å².